The summed E-state index contributed by atoms with van der Waals surface area (Å²) in [4.78, 5) is 0. The number of ether oxygens (including phenoxy) is 1. The van der Waals surface area contributed by atoms with Crippen LogP contribution in [0, 0.1) is 6.92 Å². The average Bonchev–Trinajstić information content (AvgIpc) is 3.12. The maximum absolute atomic E-state index is 5.37. The molecule has 0 bridgehead atoms. The third-order valence-corrected chi connectivity index (χ3v) is 3.28. The van der Waals surface area contributed by atoms with Gasteiger partial charge in [-0.05, 0) is 13.0 Å². The molecule has 0 spiro atoms. The first-order chi connectivity index (χ1) is 10.3. The number of nitrogens with zero attached hydrogens (tertiary/aromatic N) is 5. The molecule has 104 valence electrons. The quantitative estimate of drug-likeness (QED) is 0.560. The molecule has 0 saturated heterocycles. The van der Waals surface area contributed by atoms with Gasteiger partial charge in [0.15, 0.2) is 11.3 Å². The van der Waals surface area contributed by atoms with Crippen molar-refractivity contribution in [2.24, 2.45) is 0 Å². The van der Waals surface area contributed by atoms with Crippen molar-refractivity contribution in [3.8, 4) is 17.4 Å². The van der Waals surface area contributed by atoms with Crippen LogP contribution in [0.2, 0.25) is 0 Å². The second-order valence-corrected chi connectivity index (χ2v) is 4.64. The maximum Gasteiger partial charge on any atom is 0.239 e. The first-order valence-electron chi connectivity index (χ1n) is 6.40. The SMILES string of the molecule is COc1nn2c(-c3cc(C)on3)nnc2c2ccccc12. The van der Waals surface area contributed by atoms with Crippen molar-refractivity contribution in [2.45, 2.75) is 6.92 Å². The van der Waals surface area contributed by atoms with Gasteiger partial charge in [0, 0.05) is 16.8 Å². The molecule has 0 fully saturated rings. The monoisotopic (exact) mass is 281 g/mol. The molecule has 3 aromatic heterocycles. The van der Waals surface area contributed by atoms with E-state index in [0.29, 0.717) is 28.8 Å². The van der Waals surface area contributed by atoms with Crippen LogP contribution in [0.3, 0.4) is 0 Å². The van der Waals surface area contributed by atoms with Crippen molar-refractivity contribution in [2.75, 3.05) is 7.11 Å². The lowest BCUT2D eigenvalue weighted by atomic mass is 10.2. The second kappa shape index (κ2) is 4.27. The van der Waals surface area contributed by atoms with Crippen LogP contribution in [0.25, 0.3) is 27.9 Å². The van der Waals surface area contributed by atoms with E-state index < -0.39 is 0 Å². The molecule has 0 saturated carbocycles. The number of benzene rings is 1. The van der Waals surface area contributed by atoms with E-state index >= 15 is 0 Å². The summed E-state index contributed by atoms with van der Waals surface area (Å²) in [5.41, 5.74) is 1.24. The number of hydrogen-bond acceptors (Lipinski definition) is 6. The predicted octanol–water partition coefficient (Wildman–Crippen LogP) is 2.25. The van der Waals surface area contributed by atoms with Crippen LogP contribution >= 0.6 is 0 Å². The Morgan fingerprint density at radius 2 is 1.95 bits per heavy atom. The number of hydrogen-bond donors (Lipinski definition) is 0. The van der Waals surface area contributed by atoms with Gasteiger partial charge in [0.2, 0.25) is 11.7 Å². The van der Waals surface area contributed by atoms with E-state index in [2.05, 4.69) is 20.5 Å². The highest BCUT2D eigenvalue weighted by molar-refractivity contribution is 5.96. The van der Waals surface area contributed by atoms with Gasteiger partial charge in [-0.15, -0.1) is 15.3 Å². The van der Waals surface area contributed by atoms with Crippen LogP contribution in [0.4, 0.5) is 0 Å². The number of fused-ring (bicyclic) bond motifs is 3. The number of methoxy groups -OCH3 is 1. The first kappa shape index (κ1) is 11.8. The molecular weight excluding hydrogens is 270 g/mol. The zero-order valence-corrected chi connectivity index (χ0v) is 11.4. The minimum atomic E-state index is 0.513. The Morgan fingerprint density at radius 3 is 2.67 bits per heavy atom. The molecule has 0 radical (unpaired) electrons. The maximum atomic E-state index is 5.37. The molecule has 21 heavy (non-hydrogen) atoms. The summed E-state index contributed by atoms with van der Waals surface area (Å²) in [6.45, 7) is 1.82. The Morgan fingerprint density at radius 1 is 1.14 bits per heavy atom. The fourth-order valence-electron chi connectivity index (χ4n) is 2.33. The third kappa shape index (κ3) is 1.67. The molecule has 0 aliphatic carbocycles. The van der Waals surface area contributed by atoms with Gasteiger partial charge < -0.3 is 9.26 Å². The van der Waals surface area contributed by atoms with Crippen LogP contribution in [-0.4, -0.2) is 32.1 Å². The summed E-state index contributed by atoms with van der Waals surface area (Å²) in [6.07, 6.45) is 0. The number of aryl methyl sites for hydroxylation is 1. The van der Waals surface area contributed by atoms with Gasteiger partial charge in [0.1, 0.15) is 5.76 Å². The summed E-state index contributed by atoms with van der Waals surface area (Å²) in [5.74, 6) is 1.74. The molecule has 4 rings (SSSR count). The fraction of sp³-hybridized carbons (Fsp3) is 0.143. The first-order valence-corrected chi connectivity index (χ1v) is 6.40. The van der Waals surface area contributed by atoms with E-state index in [1.165, 1.54) is 0 Å². The summed E-state index contributed by atoms with van der Waals surface area (Å²) in [7, 11) is 1.59. The molecule has 4 aromatic rings. The number of rotatable bonds is 2. The minimum absolute atomic E-state index is 0.513. The summed E-state index contributed by atoms with van der Waals surface area (Å²) in [5, 5.41) is 18.6. The van der Waals surface area contributed by atoms with E-state index in [-0.39, 0.29) is 0 Å². The van der Waals surface area contributed by atoms with Crippen LogP contribution in [0.5, 0.6) is 5.88 Å². The molecular formula is C14H11N5O2. The van der Waals surface area contributed by atoms with Crippen LogP contribution < -0.4 is 4.74 Å². The zero-order valence-electron chi connectivity index (χ0n) is 11.4. The highest BCUT2D eigenvalue weighted by atomic mass is 16.5. The second-order valence-electron chi connectivity index (χ2n) is 4.64. The van der Waals surface area contributed by atoms with Crippen LogP contribution in [0.15, 0.2) is 34.9 Å². The molecule has 0 atom stereocenters. The van der Waals surface area contributed by atoms with Gasteiger partial charge in [0.25, 0.3) is 0 Å². The van der Waals surface area contributed by atoms with Gasteiger partial charge >= 0.3 is 0 Å². The Balaban J connectivity index is 2.10. The lowest BCUT2D eigenvalue weighted by Crippen LogP contribution is -2.00. The lowest BCUT2D eigenvalue weighted by Gasteiger charge is -2.05. The molecule has 0 aliphatic heterocycles. The van der Waals surface area contributed by atoms with E-state index in [9.17, 15) is 0 Å². The van der Waals surface area contributed by atoms with Crippen molar-refractivity contribution in [1.29, 1.82) is 0 Å². The van der Waals surface area contributed by atoms with Crippen molar-refractivity contribution in [1.82, 2.24) is 25.0 Å². The summed E-state index contributed by atoms with van der Waals surface area (Å²) < 4.78 is 12.1. The molecule has 7 heteroatoms. The van der Waals surface area contributed by atoms with Crippen molar-refractivity contribution in [3.63, 3.8) is 0 Å². The predicted molar refractivity (Wildman–Crippen MR) is 75.1 cm³/mol. The smallest absolute Gasteiger partial charge is 0.239 e. The van der Waals surface area contributed by atoms with Gasteiger partial charge in [0.05, 0.1) is 7.11 Å². The van der Waals surface area contributed by atoms with E-state index in [1.54, 1.807) is 17.7 Å². The molecule has 7 nitrogen and oxygen atoms in total. The minimum Gasteiger partial charge on any atom is -0.480 e. The van der Waals surface area contributed by atoms with Crippen LogP contribution in [0.1, 0.15) is 5.76 Å². The average molecular weight is 281 g/mol. The molecule has 1 aromatic carbocycles. The highest BCUT2D eigenvalue weighted by Crippen LogP contribution is 2.28. The van der Waals surface area contributed by atoms with Gasteiger partial charge in [-0.1, -0.05) is 23.4 Å². The van der Waals surface area contributed by atoms with Crippen molar-refractivity contribution < 1.29 is 9.26 Å². The van der Waals surface area contributed by atoms with Gasteiger partial charge in [-0.25, -0.2) is 0 Å². The standard InChI is InChI=1S/C14H11N5O2/c1-8-7-11(18-21-8)13-16-15-12-9-5-3-4-6-10(9)14(20-2)17-19(12)13/h3-7H,1-2H3. The third-order valence-electron chi connectivity index (χ3n) is 3.28. The molecule has 0 N–H and O–H groups in total. The van der Waals surface area contributed by atoms with Gasteiger partial charge in [-0.3, -0.25) is 0 Å². The Labute approximate surface area is 119 Å². The van der Waals surface area contributed by atoms with Gasteiger partial charge in [-0.2, -0.15) is 4.52 Å². The van der Waals surface area contributed by atoms with Crippen molar-refractivity contribution in [3.05, 3.63) is 36.1 Å². The fourth-order valence-corrected chi connectivity index (χ4v) is 2.33. The summed E-state index contributed by atoms with van der Waals surface area (Å²) in [6, 6.07) is 9.56. The Kier molecular flexibility index (Phi) is 2.41. The van der Waals surface area contributed by atoms with E-state index in [4.69, 9.17) is 9.26 Å². The van der Waals surface area contributed by atoms with E-state index in [0.717, 1.165) is 10.8 Å². The van der Waals surface area contributed by atoms with E-state index in [1.807, 2.05) is 31.2 Å². The largest absolute Gasteiger partial charge is 0.480 e. The Hall–Kier alpha value is -2.96. The van der Waals surface area contributed by atoms with Crippen molar-refractivity contribution >= 4 is 16.4 Å². The highest BCUT2D eigenvalue weighted by Gasteiger charge is 2.17. The molecule has 0 unspecified atom stereocenters. The number of aromatic nitrogens is 5. The zero-order chi connectivity index (χ0) is 14.4. The molecule has 0 amide bonds. The topological polar surface area (TPSA) is 78.3 Å². The van der Waals surface area contributed by atoms with Crippen LogP contribution in [-0.2, 0) is 0 Å². The lowest BCUT2D eigenvalue weighted by molar-refractivity contribution is 0.394. The molecule has 0 aliphatic rings. The Bertz CT molecular complexity index is 956. The normalized spacial score (nSPS) is 11.3. The molecule has 3 heterocycles. The summed E-state index contributed by atoms with van der Waals surface area (Å²) >= 11 is 0.